The largest absolute Gasteiger partial charge is 0.485 e. The molecule has 0 aromatic heterocycles. The second-order valence-corrected chi connectivity index (χ2v) is 4.80. The molecule has 0 atom stereocenters. The molecule has 0 saturated heterocycles. The van der Waals surface area contributed by atoms with Crippen LogP contribution in [0, 0.1) is 17.0 Å². The summed E-state index contributed by atoms with van der Waals surface area (Å²) < 4.78 is 91.6. The number of alkyl halides is 7. The molecule has 0 saturated carbocycles. The second-order valence-electron chi connectivity index (χ2n) is 4.39. The molecule has 0 unspecified atom stereocenters. The fourth-order valence-electron chi connectivity index (χ4n) is 1.42. The molecule has 1 aromatic carbocycles. The fraction of sp³-hybridized carbons (Fsp3) is 0.455. The maximum Gasteiger partial charge on any atom is 0.460 e. The van der Waals surface area contributed by atoms with E-state index in [0.29, 0.717) is 6.07 Å². The molecule has 23 heavy (non-hydrogen) atoms. The van der Waals surface area contributed by atoms with Crippen LogP contribution < -0.4 is 4.74 Å². The van der Waals surface area contributed by atoms with Crippen LogP contribution in [0.25, 0.3) is 0 Å². The molecule has 0 aliphatic carbocycles. The first-order valence-electron chi connectivity index (χ1n) is 5.60. The third kappa shape index (κ3) is 3.77. The van der Waals surface area contributed by atoms with Gasteiger partial charge in [0.2, 0.25) is 0 Å². The van der Waals surface area contributed by atoms with Crippen molar-refractivity contribution in [1.82, 2.24) is 0 Å². The van der Waals surface area contributed by atoms with Gasteiger partial charge in [-0.15, -0.1) is 0 Å². The third-order valence-electron chi connectivity index (χ3n) is 2.67. The van der Waals surface area contributed by atoms with Crippen molar-refractivity contribution >= 4 is 17.3 Å². The number of rotatable bonds is 5. The highest BCUT2D eigenvalue weighted by Crippen LogP contribution is 2.46. The summed E-state index contributed by atoms with van der Waals surface area (Å²) in [5.41, 5.74) is -0.616. The summed E-state index contributed by atoms with van der Waals surface area (Å²) in [6.07, 6.45) is -6.48. The van der Waals surface area contributed by atoms with Gasteiger partial charge in [0.05, 0.1) is 9.95 Å². The van der Waals surface area contributed by atoms with Crippen LogP contribution in [0.1, 0.15) is 5.56 Å². The molecule has 12 heteroatoms. The molecule has 0 radical (unpaired) electrons. The fourth-order valence-corrected chi connectivity index (χ4v) is 1.63. The van der Waals surface area contributed by atoms with Crippen molar-refractivity contribution in [2.24, 2.45) is 0 Å². The van der Waals surface area contributed by atoms with Crippen molar-refractivity contribution < 1.29 is 40.4 Å². The van der Waals surface area contributed by atoms with Crippen LogP contribution in [0.3, 0.4) is 0 Å². The first-order chi connectivity index (χ1) is 10.2. The zero-order valence-corrected chi connectivity index (χ0v) is 11.8. The molecule has 0 spiro atoms. The summed E-state index contributed by atoms with van der Waals surface area (Å²) in [5, 5.41) is 10.0. The highest BCUT2D eigenvalue weighted by atomic mass is 35.5. The summed E-state index contributed by atoms with van der Waals surface area (Å²) in [6, 6.07) is 1.48. The number of nitrogens with zero attached hydrogens (tertiary/aromatic N) is 1. The van der Waals surface area contributed by atoms with E-state index >= 15 is 0 Å². The van der Waals surface area contributed by atoms with Gasteiger partial charge in [-0.2, -0.15) is 30.7 Å². The van der Waals surface area contributed by atoms with Gasteiger partial charge in [0.25, 0.3) is 5.69 Å². The number of hydrogen-bond donors (Lipinski definition) is 0. The van der Waals surface area contributed by atoms with Gasteiger partial charge in [0, 0.05) is 11.6 Å². The van der Waals surface area contributed by atoms with Crippen molar-refractivity contribution in [1.29, 1.82) is 0 Å². The quantitative estimate of drug-likeness (QED) is 0.427. The Bertz CT molecular complexity index is 618. The Balaban J connectivity index is 3.03. The highest BCUT2D eigenvalue weighted by Gasteiger charge is 2.73. The normalized spacial score (nSPS) is 13.1. The molecule has 0 bridgehead atoms. The van der Waals surface area contributed by atoms with Gasteiger partial charge in [0.1, 0.15) is 5.75 Å². The molecule has 0 N–H and O–H groups in total. The molecule has 130 valence electrons. The van der Waals surface area contributed by atoms with Crippen molar-refractivity contribution in [3.05, 3.63) is 32.8 Å². The average Bonchev–Trinajstić information content (AvgIpc) is 2.37. The van der Waals surface area contributed by atoms with Crippen molar-refractivity contribution in [2.75, 3.05) is 6.61 Å². The van der Waals surface area contributed by atoms with Gasteiger partial charge >= 0.3 is 18.0 Å². The van der Waals surface area contributed by atoms with Crippen LogP contribution >= 0.6 is 11.6 Å². The van der Waals surface area contributed by atoms with E-state index < -0.39 is 46.0 Å². The minimum absolute atomic E-state index is 0.111. The monoisotopic (exact) mass is 369 g/mol. The Labute approximate surface area is 128 Å². The minimum Gasteiger partial charge on any atom is -0.485 e. The van der Waals surface area contributed by atoms with Gasteiger partial charge in [-0.25, -0.2) is 0 Å². The lowest BCUT2D eigenvalue weighted by atomic mass is 10.1. The molecule has 0 aliphatic rings. The number of aryl methyl sites for hydroxylation is 1. The lowest BCUT2D eigenvalue weighted by Crippen LogP contribution is -2.54. The number of nitro benzene ring substituents is 1. The predicted octanol–water partition coefficient (Wildman–Crippen LogP) is 4.77. The average molecular weight is 370 g/mol. The SMILES string of the molecule is Cc1cc(OCC(F)(F)C(F)(F)C(F)(F)F)c(Cl)cc1[N+](=O)[O-]. The van der Waals surface area contributed by atoms with E-state index in [1.54, 1.807) is 0 Å². The molecule has 0 amide bonds. The van der Waals surface area contributed by atoms with E-state index in [9.17, 15) is 40.8 Å². The zero-order chi connectivity index (χ0) is 18.2. The number of halogens is 8. The number of hydrogen-bond acceptors (Lipinski definition) is 3. The van der Waals surface area contributed by atoms with Gasteiger partial charge in [-0.05, 0) is 13.0 Å². The van der Waals surface area contributed by atoms with Crippen molar-refractivity contribution in [3.8, 4) is 5.75 Å². The van der Waals surface area contributed by atoms with Crippen LogP contribution in [0.2, 0.25) is 5.02 Å². The van der Waals surface area contributed by atoms with Gasteiger partial charge < -0.3 is 4.74 Å². The lowest BCUT2D eigenvalue weighted by Gasteiger charge is -2.28. The van der Waals surface area contributed by atoms with Crippen LogP contribution in [-0.2, 0) is 0 Å². The first kappa shape index (κ1) is 19.3. The third-order valence-corrected chi connectivity index (χ3v) is 2.97. The Morgan fingerprint density at radius 2 is 1.70 bits per heavy atom. The summed E-state index contributed by atoms with van der Waals surface area (Å²) in [7, 11) is 0. The maximum atomic E-state index is 13.1. The number of nitro groups is 1. The van der Waals surface area contributed by atoms with Crippen LogP contribution in [0.4, 0.5) is 36.4 Å². The van der Waals surface area contributed by atoms with E-state index in [4.69, 9.17) is 11.6 Å². The van der Waals surface area contributed by atoms with E-state index in [1.165, 1.54) is 6.92 Å². The first-order valence-corrected chi connectivity index (χ1v) is 5.98. The molecular weight excluding hydrogens is 363 g/mol. The minimum atomic E-state index is -6.48. The molecule has 0 aliphatic heterocycles. The van der Waals surface area contributed by atoms with E-state index in [1.807, 2.05) is 0 Å². The van der Waals surface area contributed by atoms with Crippen LogP contribution in [-0.4, -0.2) is 29.6 Å². The standard InChI is InChI=1S/C11H7ClF7NO3/c1-5-2-8(6(12)3-7(5)20(21)22)23-4-9(13,14)10(15,16)11(17,18)19/h2-3H,4H2,1H3. The summed E-state index contributed by atoms with van der Waals surface area (Å²) in [6.45, 7) is -1.15. The lowest BCUT2D eigenvalue weighted by molar-refractivity contribution is -0.385. The summed E-state index contributed by atoms with van der Waals surface area (Å²) in [5.74, 6) is -12.6. The Hall–Kier alpha value is -1.78. The molecule has 0 fully saturated rings. The summed E-state index contributed by atoms with van der Waals surface area (Å²) in [4.78, 5) is 9.76. The van der Waals surface area contributed by atoms with Gasteiger partial charge in [-0.1, -0.05) is 11.6 Å². The highest BCUT2D eigenvalue weighted by molar-refractivity contribution is 6.32. The van der Waals surface area contributed by atoms with Crippen LogP contribution in [0.5, 0.6) is 5.75 Å². The van der Waals surface area contributed by atoms with E-state index in [-0.39, 0.29) is 5.56 Å². The smallest absolute Gasteiger partial charge is 0.460 e. The number of ether oxygens (including phenoxy) is 1. The van der Waals surface area contributed by atoms with E-state index in [0.717, 1.165) is 6.07 Å². The topological polar surface area (TPSA) is 52.4 Å². The van der Waals surface area contributed by atoms with Crippen molar-refractivity contribution in [2.45, 2.75) is 24.9 Å². The summed E-state index contributed by atoms with van der Waals surface area (Å²) >= 11 is 5.49. The molecule has 0 heterocycles. The van der Waals surface area contributed by atoms with Crippen LogP contribution in [0.15, 0.2) is 12.1 Å². The zero-order valence-electron chi connectivity index (χ0n) is 11.1. The molecule has 1 aromatic rings. The Morgan fingerprint density at radius 1 is 1.17 bits per heavy atom. The van der Waals surface area contributed by atoms with Gasteiger partial charge in [-0.3, -0.25) is 10.1 Å². The Kier molecular flexibility index (Phi) is 5.04. The van der Waals surface area contributed by atoms with Gasteiger partial charge in [0.15, 0.2) is 6.61 Å². The van der Waals surface area contributed by atoms with E-state index in [2.05, 4.69) is 4.74 Å². The van der Waals surface area contributed by atoms with Crippen molar-refractivity contribution in [3.63, 3.8) is 0 Å². The predicted molar refractivity (Wildman–Crippen MR) is 64.3 cm³/mol. The molecule has 1 rings (SSSR count). The maximum absolute atomic E-state index is 13.1. The molecular formula is C11H7ClF7NO3. The molecule has 4 nitrogen and oxygen atoms in total. The second kappa shape index (κ2) is 6.02. The number of benzene rings is 1. The Morgan fingerprint density at radius 3 is 2.13 bits per heavy atom.